The number of amides is 2. The highest BCUT2D eigenvalue weighted by atomic mass is 35.5. The van der Waals surface area contributed by atoms with Crippen LogP contribution in [0.2, 0.25) is 5.02 Å². The number of fused-ring (bicyclic) bond motifs is 11. The van der Waals surface area contributed by atoms with Crippen molar-refractivity contribution in [3.63, 3.8) is 0 Å². The number of alkyl halides is 3. The largest absolute Gasteiger partial charge is 0.480 e. The molecule has 13 nitrogen and oxygen atoms in total. The molecule has 8 rings (SSSR count). The van der Waals surface area contributed by atoms with E-state index in [2.05, 4.69) is 15.0 Å². The summed E-state index contributed by atoms with van der Waals surface area (Å²) in [6.07, 6.45) is -0.836. The average molecular weight is 689 g/mol. The molecule has 0 unspecified atom stereocenters. The maximum Gasteiger partial charge on any atom is 0.409 e. The van der Waals surface area contributed by atoms with Gasteiger partial charge in [-0.05, 0) is 18.2 Å². The molecule has 0 saturated carbocycles. The topological polar surface area (TPSA) is 160 Å². The molecule has 4 aliphatic rings. The summed E-state index contributed by atoms with van der Waals surface area (Å²) in [6.45, 7) is 0.341. The quantitative estimate of drug-likeness (QED) is 0.292. The number of carboxylic acid groups (broad SMARTS) is 1. The number of carbonyl (C=O) groups excluding carboxylic acids is 2. The van der Waals surface area contributed by atoms with Crippen LogP contribution < -0.4 is 15.0 Å². The van der Waals surface area contributed by atoms with Crippen molar-refractivity contribution in [3.05, 3.63) is 52.9 Å². The van der Waals surface area contributed by atoms with Crippen LogP contribution in [0, 0.1) is 5.92 Å². The number of rotatable bonds is 1. The number of pyridine rings is 1. The number of hydrogen-bond acceptors (Lipinski definition) is 10. The minimum atomic E-state index is -4.30. The number of ether oxygens (including phenoxy) is 2. The van der Waals surface area contributed by atoms with E-state index in [9.17, 15) is 19.5 Å². The van der Waals surface area contributed by atoms with Crippen LogP contribution >= 0.6 is 11.6 Å². The molecule has 2 amide bonds. The summed E-state index contributed by atoms with van der Waals surface area (Å²) in [7, 11) is 0. The summed E-state index contributed by atoms with van der Waals surface area (Å²) < 4.78 is 65.8. The van der Waals surface area contributed by atoms with Crippen molar-refractivity contribution in [2.24, 2.45) is 5.92 Å². The number of para-hydroxylation sites is 1. The van der Waals surface area contributed by atoms with E-state index in [1.165, 1.54) is 22.1 Å². The second-order valence-corrected chi connectivity index (χ2v) is 12.5. The lowest BCUT2D eigenvalue weighted by molar-refractivity contribution is -0.148. The van der Waals surface area contributed by atoms with Gasteiger partial charge < -0.3 is 34.1 Å². The molecule has 0 spiro atoms. The summed E-state index contributed by atoms with van der Waals surface area (Å²) in [5, 5.41) is 12.8. The van der Waals surface area contributed by atoms with Crippen LogP contribution in [0.4, 0.5) is 23.8 Å². The first kappa shape index (κ1) is 31.7. The maximum atomic E-state index is 16.9. The van der Waals surface area contributed by atoms with E-state index in [1.807, 2.05) is 5.32 Å². The minimum absolute atomic E-state index is 0.0293. The van der Waals surface area contributed by atoms with Crippen molar-refractivity contribution in [1.82, 2.24) is 25.2 Å². The Labute approximate surface area is 275 Å². The van der Waals surface area contributed by atoms with E-state index in [0.29, 0.717) is 5.39 Å². The van der Waals surface area contributed by atoms with Crippen molar-refractivity contribution in [2.45, 2.75) is 43.5 Å². The fourth-order valence-corrected chi connectivity index (χ4v) is 6.68. The number of carbonyl (C=O) groups is 3. The molecule has 7 heterocycles. The second kappa shape index (κ2) is 11.7. The molecule has 4 aliphatic heterocycles. The van der Waals surface area contributed by atoms with Crippen LogP contribution in [0.25, 0.3) is 22.1 Å². The molecule has 2 N–H and O–H groups in total. The van der Waals surface area contributed by atoms with Gasteiger partial charge in [-0.2, -0.15) is 8.78 Å². The normalized spacial score (nSPS) is 26.1. The number of anilines is 1. The number of aliphatic carboxylic acids is 1. The molecule has 2 fully saturated rings. The summed E-state index contributed by atoms with van der Waals surface area (Å²) in [6, 6.07) is 6.48. The van der Waals surface area contributed by atoms with E-state index in [1.54, 1.807) is 31.2 Å². The number of hydrogen-bond donors (Lipinski definition) is 2. The zero-order valence-electron chi connectivity index (χ0n) is 25.3. The van der Waals surface area contributed by atoms with Crippen molar-refractivity contribution in [2.75, 3.05) is 37.7 Å². The van der Waals surface area contributed by atoms with Gasteiger partial charge in [0.05, 0.1) is 23.7 Å². The van der Waals surface area contributed by atoms with Crippen LogP contribution in [-0.4, -0.2) is 87.9 Å². The highest BCUT2D eigenvalue weighted by molar-refractivity contribution is 6.30. The van der Waals surface area contributed by atoms with Gasteiger partial charge in [0.2, 0.25) is 11.7 Å². The van der Waals surface area contributed by atoms with Crippen molar-refractivity contribution < 1.29 is 46.6 Å². The maximum absolute atomic E-state index is 16.9. The van der Waals surface area contributed by atoms with Gasteiger partial charge >= 0.3 is 18.0 Å². The van der Waals surface area contributed by atoms with Crippen LogP contribution in [0.3, 0.4) is 0 Å². The minimum Gasteiger partial charge on any atom is -0.480 e. The van der Waals surface area contributed by atoms with Gasteiger partial charge in [-0.3, -0.25) is 4.79 Å². The number of halogens is 4. The molecule has 2 saturated heterocycles. The molecule has 252 valence electrons. The Morgan fingerprint density at radius 2 is 1.96 bits per heavy atom. The van der Waals surface area contributed by atoms with Crippen molar-refractivity contribution in [3.8, 4) is 5.88 Å². The fourth-order valence-electron chi connectivity index (χ4n) is 6.52. The standard InChI is InChI=1S/C31H28ClF3N6O7/c1-15-13-40-8-6-30(15,33)19-10-16(32)12-37-25(19)47-17-11-20(26(42)43)41(14-17)24-23-22(18-4-2-3-5-21(18)48-23)38-27(39-24)31(34,35)28(44)36-7-9-46-29(40)45/h2-5,10,12,15,17,20H,6-9,11,13-14H2,1H3,(H,36,44)(H,42,43)/t15-,17-,20-,30+/m0/s1. The second-order valence-electron chi connectivity index (χ2n) is 12.0. The fraction of sp³-hybridized carbons (Fsp3) is 0.419. The smallest absolute Gasteiger partial charge is 0.409 e. The first-order chi connectivity index (χ1) is 22.9. The van der Waals surface area contributed by atoms with Gasteiger partial charge in [0.1, 0.15) is 35.5 Å². The lowest BCUT2D eigenvalue weighted by Gasteiger charge is -2.41. The predicted molar refractivity (Wildman–Crippen MR) is 163 cm³/mol. The highest BCUT2D eigenvalue weighted by Crippen LogP contribution is 2.46. The van der Waals surface area contributed by atoms with E-state index in [4.69, 9.17) is 25.5 Å². The Kier molecular flexibility index (Phi) is 7.72. The number of nitrogens with zero attached hydrogens (tertiary/aromatic N) is 5. The molecular weight excluding hydrogens is 661 g/mol. The molecular formula is C31H28ClF3N6O7. The van der Waals surface area contributed by atoms with Gasteiger partial charge in [-0.25, -0.2) is 28.9 Å². The van der Waals surface area contributed by atoms with Crippen LogP contribution in [0.1, 0.15) is 31.2 Å². The van der Waals surface area contributed by atoms with Gasteiger partial charge in [0.25, 0.3) is 5.91 Å². The Bertz CT molecular complexity index is 1960. The third-order valence-corrected chi connectivity index (χ3v) is 9.23. The van der Waals surface area contributed by atoms with E-state index in [0.717, 1.165) is 0 Å². The predicted octanol–water partition coefficient (Wildman–Crippen LogP) is 4.40. The summed E-state index contributed by atoms with van der Waals surface area (Å²) in [5.41, 5.74) is -1.89. The van der Waals surface area contributed by atoms with Crippen LogP contribution in [0.5, 0.6) is 5.88 Å². The number of benzene rings is 1. The Hall–Kier alpha value is -4.86. The molecule has 0 radical (unpaired) electrons. The van der Waals surface area contributed by atoms with Crippen molar-refractivity contribution >= 4 is 57.5 Å². The Balaban J connectivity index is 1.37. The lowest BCUT2D eigenvalue weighted by Crippen LogP contribution is -2.49. The number of carboxylic acids is 1. The molecule has 0 aliphatic carbocycles. The molecule has 4 atom stereocenters. The van der Waals surface area contributed by atoms with E-state index >= 15 is 13.2 Å². The van der Waals surface area contributed by atoms with E-state index < -0.39 is 66.6 Å². The Morgan fingerprint density at radius 1 is 1.17 bits per heavy atom. The molecule has 6 bridgehead atoms. The van der Waals surface area contributed by atoms with Gasteiger partial charge in [-0.15, -0.1) is 0 Å². The summed E-state index contributed by atoms with van der Waals surface area (Å²) in [4.78, 5) is 53.0. The number of piperidine rings is 1. The van der Waals surface area contributed by atoms with Gasteiger partial charge in [0.15, 0.2) is 11.4 Å². The third kappa shape index (κ3) is 5.27. The van der Waals surface area contributed by atoms with Gasteiger partial charge in [0, 0.05) is 43.4 Å². The first-order valence-electron chi connectivity index (χ1n) is 15.2. The number of nitrogens with one attached hydrogen (secondary N) is 1. The van der Waals surface area contributed by atoms with E-state index in [-0.39, 0.29) is 71.4 Å². The third-order valence-electron chi connectivity index (χ3n) is 9.02. The molecule has 1 aromatic carbocycles. The number of furan rings is 1. The molecule has 4 aromatic rings. The number of aromatic nitrogens is 3. The monoisotopic (exact) mass is 688 g/mol. The lowest BCUT2D eigenvalue weighted by atomic mass is 9.79. The zero-order valence-corrected chi connectivity index (χ0v) is 26.0. The molecule has 48 heavy (non-hydrogen) atoms. The molecule has 3 aromatic heterocycles. The Morgan fingerprint density at radius 3 is 2.73 bits per heavy atom. The van der Waals surface area contributed by atoms with Crippen molar-refractivity contribution in [1.29, 1.82) is 0 Å². The SMILES string of the molecule is C[C@H]1CN2CC[C@]1(F)c1cc(Cl)cnc1O[C@H]1C[C@@H](C(=O)O)N(C1)c1nc(nc3c1oc1ccccc13)C(F)(F)C(=O)NCCOC2=O. The summed E-state index contributed by atoms with van der Waals surface area (Å²) >= 11 is 6.25. The van der Waals surface area contributed by atoms with Crippen LogP contribution in [0.15, 0.2) is 40.9 Å². The highest BCUT2D eigenvalue weighted by Gasteiger charge is 2.49. The zero-order chi connectivity index (χ0) is 34.0. The molecule has 17 heteroatoms. The van der Waals surface area contributed by atoms with Crippen LogP contribution in [-0.2, 0) is 25.9 Å². The average Bonchev–Trinajstić information content (AvgIpc) is 3.66. The van der Waals surface area contributed by atoms with Gasteiger partial charge in [-0.1, -0.05) is 30.7 Å². The first-order valence-corrected chi connectivity index (χ1v) is 15.5. The summed E-state index contributed by atoms with van der Waals surface area (Å²) in [5.74, 6) is -9.80.